The van der Waals surface area contributed by atoms with Crippen molar-refractivity contribution < 1.29 is 14.3 Å². The second kappa shape index (κ2) is 10.7. The number of nitrogens with one attached hydrogen (secondary N) is 3. The predicted molar refractivity (Wildman–Crippen MR) is 137 cm³/mol. The van der Waals surface area contributed by atoms with Crippen LogP contribution in [0.25, 0.3) is 0 Å². The molecule has 1 saturated heterocycles. The van der Waals surface area contributed by atoms with Crippen molar-refractivity contribution in [3.8, 4) is 5.75 Å². The summed E-state index contributed by atoms with van der Waals surface area (Å²) in [5.41, 5.74) is 4.43. The largest absolute Gasteiger partial charge is 0.497 e. The van der Waals surface area contributed by atoms with E-state index in [2.05, 4.69) is 20.9 Å². The summed E-state index contributed by atoms with van der Waals surface area (Å²) in [6, 6.07) is 19.9. The number of benzene rings is 3. The van der Waals surface area contributed by atoms with Gasteiger partial charge in [0.1, 0.15) is 5.75 Å². The van der Waals surface area contributed by atoms with Crippen molar-refractivity contribution in [2.24, 2.45) is 0 Å². The van der Waals surface area contributed by atoms with Crippen LogP contribution in [0.15, 0.2) is 66.7 Å². The molecule has 1 fully saturated rings. The highest BCUT2D eigenvalue weighted by Gasteiger charge is 2.17. The van der Waals surface area contributed by atoms with Crippen molar-refractivity contribution in [2.45, 2.75) is 26.2 Å². The third-order valence-corrected chi connectivity index (χ3v) is 5.81. The molecule has 3 aromatic carbocycles. The first-order valence-electron chi connectivity index (χ1n) is 11.5. The smallest absolute Gasteiger partial charge is 0.323 e. The third kappa shape index (κ3) is 5.86. The molecule has 0 spiro atoms. The van der Waals surface area contributed by atoms with Crippen LogP contribution in [0.4, 0.5) is 27.5 Å². The summed E-state index contributed by atoms with van der Waals surface area (Å²) < 4.78 is 5.23. The molecule has 176 valence electrons. The fourth-order valence-corrected chi connectivity index (χ4v) is 4.10. The molecule has 4 rings (SSSR count). The fraction of sp³-hybridized carbons (Fsp3) is 0.259. The van der Waals surface area contributed by atoms with Gasteiger partial charge in [0, 0.05) is 36.1 Å². The number of aryl methyl sites for hydroxylation is 1. The summed E-state index contributed by atoms with van der Waals surface area (Å²) in [7, 11) is 1.58. The van der Waals surface area contributed by atoms with E-state index in [1.807, 2.05) is 55.5 Å². The maximum Gasteiger partial charge on any atom is 0.323 e. The van der Waals surface area contributed by atoms with Gasteiger partial charge < -0.3 is 25.6 Å². The summed E-state index contributed by atoms with van der Waals surface area (Å²) in [6.45, 7) is 3.81. The maximum atomic E-state index is 12.8. The molecule has 3 amide bonds. The van der Waals surface area contributed by atoms with E-state index in [4.69, 9.17) is 4.74 Å². The van der Waals surface area contributed by atoms with Crippen LogP contribution in [0.1, 0.15) is 35.2 Å². The molecule has 3 aromatic rings. The van der Waals surface area contributed by atoms with E-state index in [-0.39, 0.29) is 11.9 Å². The molecule has 0 aliphatic carbocycles. The van der Waals surface area contributed by atoms with E-state index >= 15 is 0 Å². The zero-order valence-corrected chi connectivity index (χ0v) is 19.6. The van der Waals surface area contributed by atoms with Gasteiger partial charge in [0.25, 0.3) is 5.91 Å². The van der Waals surface area contributed by atoms with Crippen LogP contribution in [0, 0.1) is 6.92 Å². The molecule has 3 N–H and O–H groups in total. The topological polar surface area (TPSA) is 82.7 Å². The number of hydrogen-bond acceptors (Lipinski definition) is 4. The number of anilines is 4. The Hall–Kier alpha value is -4.00. The number of piperidine rings is 1. The van der Waals surface area contributed by atoms with Crippen molar-refractivity contribution in [3.05, 3.63) is 77.9 Å². The first-order valence-corrected chi connectivity index (χ1v) is 11.5. The van der Waals surface area contributed by atoms with Crippen molar-refractivity contribution in [1.29, 1.82) is 0 Å². The predicted octanol–water partition coefficient (Wildman–Crippen LogP) is 5.89. The zero-order valence-electron chi connectivity index (χ0n) is 19.6. The SMILES string of the molecule is COc1cccc(NC(=O)Nc2cc(NC(=O)c3cccc(C)c3)ccc2N2CCCCC2)c1. The van der Waals surface area contributed by atoms with Gasteiger partial charge in [-0.1, -0.05) is 23.8 Å². The molecule has 1 aliphatic rings. The van der Waals surface area contributed by atoms with Gasteiger partial charge in [-0.15, -0.1) is 0 Å². The van der Waals surface area contributed by atoms with Crippen LogP contribution >= 0.6 is 0 Å². The van der Waals surface area contributed by atoms with Crippen molar-refractivity contribution in [1.82, 2.24) is 0 Å². The van der Waals surface area contributed by atoms with E-state index in [1.165, 1.54) is 6.42 Å². The lowest BCUT2D eigenvalue weighted by molar-refractivity contribution is 0.102. The molecule has 7 heteroatoms. The lowest BCUT2D eigenvalue weighted by Gasteiger charge is -2.31. The lowest BCUT2D eigenvalue weighted by Crippen LogP contribution is -2.31. The minimum atomic E-state index is -0.367. The Bertz CT molecular complexity index is 1170. The zero-order chi connectivity index (χ0) is 23.9. The molecule has 0 aromatic heterocycles. The number of amides is 3. The monoisotopic (exact) mass is 458 g/mol. The molecule has 0 atom stereocenters. The average molecular weight is 459 g/mol. The molecule has 1 heterocycles. The molecule has 34 heavy (non-hydrogen) atoms. The highest BCUT2D eigenvalue weighted by Crippen LogP contribution is 2.32. The molecule has 0 unspecified atom stereocenters. The van der Waals surface area contributed by atoms with Crippen LogP contribution < -0.4 is 25.6 Å². The van der Waals surface area contributed by atoms with Crippen molar-refractivity contribution in [2.75, 3.05) is 41.0 Å². The summed E-state index contributed by atoms with van der Waals surface area (Å²) >= 11 is 0. The molecular weight excluding hydrogens is 428 g/mol. The van der Waals surface area contributed by atoms with Crippen molar-refractivity contribution >= 4 is 34.7 Å². The van der Waals surface area contributed by atoms with Crippen LogP contribution in [0.2, 0.25) is 0 Å². The average Bonchev–Trinajstić information content (AvgIpc) is 2.85. The quantitative estimate of drug-likeness (QED) is 0.430. The summed E-state index contributed by atoms with van der Waals surface area (Å²) in [4.78, 5) is 27.9. The molecule has 1 aliphatic heterocycles. The van der Waals surface area contributed by atoms with Crippen LogP contribution in [0.5, 0.6) is 5.75 Å². The number of methoxy groups -OCH3 is 1. The van der Waals surface area contributed by atoms with E-state index in [1.54, 1.807) is 25.3 Å². The van der Waals surface area contributed by atoms with Gasteiger partial charge in [-0.05, 0) is 68.7 Å². The highest BCUT2D eigenvalue weighted by molar-refractivity contribution is 6.06. The maximum absolute atomic E-state index is 12.8. The highest BCUT2D eigenvalue weighted by atomic mass is 16.5. The van der Waals surface area contributed by atoms with E-state index in [0.717, 1.165) is 37.2 Å². The minimum absolute atomic E-state index is 0.193. The number of nitrogens with zero attached hydrogens (tertiary/aromatic N) is 1. The second-order valence-corrected chi connectivity index (χ2v) is 8.41. The Kier molecular flexibility index (Phi) is 7.32. The van der Waals surface area contributed by atoms with Gasteiger partial charge >= 0.3 is 6.03 Å². The van der Waals surface area contributed by atoms with E-state index in [0.29, 0.717) is 28.4 Å². The Labute approximate surface area is 200 Å². The number of ether oxygens (including phenoxy) is 1. The van der Waals surface area contributed by atoms with E-state index in [9.17, 15) is 9.59 Å². The van der Waals surface area contributed by atoms with Gasteiger partial charge in [0.15, 0.2) is 0 Å². The van der Waals surface area contributed by atoms with Crippen molar-refractivity contribution in [3.63, 3.8) is 0 Å². The fourth-order valence-electron chi connectivity index (χ4n) is 4.10. The molecule has 7 nitrogen and oxygen atoms in total. The minimum Gasteiger partial charge on any atom is -0.497 e. The second-order valence-electron chi connectivity index (χ2n) is 8.41. The van der Waals surface area contributed by atoms with Crippen LogP contribution in [-0.4, -0.2) is 32.1 Å². The number of hydrogen-bond donors (Lipinski definition) is 3. The normalized spacial score (nSPS) is 13.2. The first-order chi connectivity index (χ1) is 16.5. The number of carbonyl (C=O) groups excluding carboxylic acids is 2. The summed E-state index contributed by atoms with van der Waals surface area (Å²) in [5, 5.41) is 8.77. The van der Waals surface area contributed by atoms with Gasteiger partial charge in [0.05, 0.1) is 18.5 Å². The summed E-state index contributed by atoms with van der Waals surface area (Å²) in [5.74, 6) is 0.467. The first kappa shape index (κ1) is 23.2. The summed E-state index contributed by atoms with van der Waals surface area (Å²) in [6.07, 6.45) is 3.43. The van der Waals surface area contributed by atoms with Crippen LogP contribution in [0.3, 0.4) is 0 Å². The Morgan fingerprint density at radius 1 is 0.824 bits per heavy atom. The van der Waals surface area contributed by atoms with Crippen LogP contribution in [-0.2, 0) is 0 Å². The standard InChI is InChI=1S/C27H30N4O3/c1-19-8-6-9-20(16-19)26(32)28-22-12-13-25(31-14-4-3-5-15-31)24(18-22)30-27(33)29-21-10-7-11-23(17-21)34-2/h6-13,16-18H,3-5,14-15H2,1-2H3,(H,28,32)(H2,29,30,33). The van der Waals surface area contributed by atoms with E-state index < -0.39 is 0 Å². The Morgan fingerprint density at radius 3 is 2.35 bits per heavy atom. The molecule has 0 bridgehead atoms. The Morgan fingerprint density at radius 2 is 1.59 bits per heavy atom. The van der Waals surface area contributed by atoms with Gasteiger partial charge in [-0.3, -0.25) is 4.79 Å². The molecular formula is C27H30N4O3. The van der Waals surface area contributed by atoms with Gasteiger partial charge in [-0.25, -0.2) is 4.79 Å². The number of urea groups is 1. The molecule has 0 radical (unpaired) electrons. The van der Waals surface area contributed by atoms with Gasteiger partial charge in [0.2, 0.25) is 0 Å². The Balaban J connectivity index is 1.55. The third-order valence-electron chi connectivity index (χ3n) is 5.81. The molecule has 0 saturated carbocycles. The number of carbonyl (C=O) groups is 2. The number of rotatable bonds is 6. The lowest BCUT2D eigenvalue weighted by atomic mass is 10.1. The van der Waals surface area contributed by atoms with Gasteiger partial charge in [-0.2, -0.15) is 0 Å².